The van der Waals surface area contributed by atoms with Crippen LogP contribution in [-0.2, 0) is 6.54 Å². The molecule has 0 saturated heterocycles. The smallest absolute Gasteiger partial charge is 0.0951 e. The molecule has 108 valence electrons. The SMILES string of the molecule is CCCC(NCc1cncn1C(C)C)c1ccccc1. The van der Waals surface area contributed by atoms with E-state index in [2.05, 4.69) is 66.0 Å². The zero-order valence-corrected chi connectivity index (χ0v) is 12.7. The topological polar surface area (TPSA) is 29.9 Å². The minimum atomic E-state index is 0.414. The van der Waals surface area contributed by atoms with Gasteiger partial charge in [-0.05, 0) is 25.8 Å². The number of hydrogen-bond acceptors (Lipinski definition) is 2. The van der Waals surface area contributed by atoms with E-state index in [1.807, 2.05) is 12.5 Å². The molecule has 0 aliphatic rings. The Morgan fingerprint density at radius 1 is 1.20 bits per heavy atom. The van der Waals surface area contributed by atoms with Gasteiger partial charge in [0.15, 0.2) is 0 Å². The van der Waals surface area contributed by atoms with E-state index >= 15 is 0 Å². The maximum absolute atomic E-state index is 4.26. The Balaban J connectivity index is 2.04. The maximum atomic E-state index is 4.26. The van der Waals surface area contributed by atoms with Crippen molar-refractivity contribution in [2.24, 2.45) is 0 Å². The second kappa shape index (κ2) is 7.25. The number of aromatic nitrogens is 2. The van der Waals surface area contributed by atoms with Gasteiger partial charge in [-0.2, -0.15) is 0 Å². The molecule has 3 heteroatoms. The molecule has 0 aliphatic carbocycles. The average Bonchev–Trinajstić information content (AvgIpc) is 2.93. The van der Waals surface area contributed by atoms with E-state index in [0.717, 1.165) is 13.0 Å². The van der Waals surface area contributed by atoms with Crippen LogP contribution in [0, 0.1) is 0 Å². The minimum absolute atomic E-state index is 0.414. The van der Waals surface area contributed by atoms with Crippen molar-refractivity contribution >= 4 is 0 Å². The van der Waals surface area contributed by atoms with E-state index in [9.17, 15) is 0 Å². The zero-order chi connectivity index (χ0) is 14.4. The standard InChI is InChI=1S/C17H25N3/c1-4-8-17(15-9-6-5-7-10-15)19-12-16-11-18-13-20(16)14(2)3/h5-7,9-11,13-14,17,19H,4,8,12H2,1-3H3. The largest absolute Gasteiger partial charge is 0.331 e. The van der Waals surface area contributed by atoms with Gasteiger partial charge in [-0.3, -0.25) is 0 Å². The lowest BCUT2D eigenvalue weighted by atomic mass is 10.0. The first kappa shape index (κ1) is 14.8. The third kappa shape index (κ3) is 3.70. The minimum Gasteiger partial charge on any atom is -0.331 e. The van der Waals surface area contributed by atoms with Gasteiger partial charge in [-0.25, -0.2) is 4.98 Å². The van der Waals surface area contributed by atoms with Gasteiger partial charge in [-0.15, -0.1) is 0 Å². The quantitative estimate of drug-likeness (QED) is 0.822. The average molecular weight is 271 g/mol. The summed E-state index contributed by atoms with van der Waals surface area (Å²) in [5, 5.41) is 3.67. The fourth-order valence-corrected chi connectivity index (χ4v) is 2.52. The summed E-state index contributed by atoms with van der Waals surface area (Å²) in [5.74, 6) is 0. The highest BCUT2D eigenvalue weighted by Crippen LogP contribution is 2.19. The first-order valence-electron chi connectivity index (χ1n) is 7.51. The molecule has 0 amide bonds. The molecular formula is C17H25N3. The molecule has 0 radical (unpaired) electrons. The number of nitrogens with one attached hydrogen (secondary N) is 1. The summed E-state index contributed by atoms with van der Waals surface area (Å²) >= 11 is 0. The van der Waals surface area contributed by atoms with Crippen LogP contribution < -0.4 is 5.32 Å². The molecule has 1 unspecified atom stereocenters. The molecule has 0 bridgehead atoms. The molecule has 1 atom stereocenters. The van der Waals surface area contributed by atoms with Crippen molar-refractivity contribution in [2.45, 2.75) is 52.2 Å². The van der Waals surface area contributed by atoms with Crippen LogP contribution in [0.3, 0.4) is 0 Å². The van der Waals surface area contributed by atoms with Crippen LogP contribution in [0.2, 0.25) is 0 Å². The molecule has 0 saturated carbocycles. The van der Waals surface area contributed by atoms with E-state index < -0.39 is 0 Å². The highest BCUT2D eigenvalue weighted by Gasteiger charge is 2.11. The van der Waals surface area contributed by atoms with Crippen LogP contribution in [-0.4, -0.2) is 9.55 Å². The molecule has 0 aliphatic heterocycles. The molecule has 1 aromatic heterocycles. The number of benzene rings is 1. The third-order valence-electron chi connectivity index (χ3n) is 3.61. The van der Waals surface area contributed by atoms with Crippen molar-refractivity contribution in [2.75, 3.05) is 0 Å². The zero-order valence-electron chi connectivity index (χ0n) is 12.7. The first-order valence-corrected chi connectivity index (χ1v) is 7.51. The highest BCUT2D eigenvalue weighted by atomic mass is 15.1. The Kier molecular flexibility index (Phi) is 5.36. The van der Waals surface area contributed by atoms with Crippen molar-refractivity contribution < 1.29 is 0 Å². The summed E-state index contributed by atoms with van der Waals surface area (Å²) in [4.78, 5) is 4.26. The van der Waals surface area contributed by atoms with Gasteiger partial charge in [0.25, 0.3) is 0 Å². The molecule has 20 heavy (non-hydrogen) atoms. The van der Waals surface area contributed by atoms with Gasteiger partial charge in [0.1, 0.15) is 0 Å². The summed E-state index contributed by atoms with van der Waals surface area (Å²) < 4.78 is 2.22. The molecule has 2 aromatic rings. The Morgan fingerprint density at radius 2 is 1.95 bits per heavy atom. The number of nitrogens with zero attached hydrogens (tertiary/aromatic N) is 2. The Hall–Kier alpha value is -1.61. The second-order valence-electron chi connectivity index (χ2n) is 5.52. The predicted molar refractivity (Wildman–Crippen MR) is 83.5 cm³/mol. The lowest BCUT2D eigenvalue weighted by molar-refractivity contribution is 0.471. The van der Waals surface area contributed by atoms with Gasteiger partial charge in [0, 0.05) is 24.8 Å². The summed E-state index contributed by atoms with van der Waals surface area (Å²) in [6.45, 7) is 7.46. The molecule has 1 N–H and O–H groups in total. The highest BCUT2D eigenvalue weighted by molar-refractivity contribution is 5.19. The molecule has 0 spiro atoms. The fraction of sp³-hybridized carbons (Fsp3) is 0.471. The van der Waals surface area contributed by atoms with Gasteiger partial charge >= 0.3 is 0 Å². The van der Waals surface area contributed by atoms with Crippen LogP contribution in [0.4, 0.5) is 0 Å². The fourth-order valence-electron chi connectivity index (χ4n) is 2.52. The molecule has 1 heterocycles. The van der Waals surface area contributed by atoms with E-state index in [1.54, 1.807) is 0 Å². The van der Waals surface area contributed by atoms with Crippen LogP contribution >= 0.6 is 0 Å². The summed E-state index contributed by atoms with van der Waals surface area (Å²) in [5.41, 5.74) is 2.61. The molecule has 3 nitrogen and oxygen atoms in total. The van der Waals surface area contributed by atoms with E-state index in [1.165, 1.54) is 17.7 Å². The Morgan fingerprint density at radius 3 is 2.60 bits per heavy atom. The Bertz CT molecular complexity index is 502. The third-order valence-corrected chi connectivity index (χ3v) is 3.61. The van der Waals surface area contributed by atoms with Crippen molar-refractivity contribution in [3.63, 3.8) is 0 Å². The van der Waals surface area contributed by atoms with Crippen molar-refractivity contribution in [1.29, 1.82) is 0 Å². The molecule has 0 fully saturated rings. The van der Waals surface area contributed by atoms with E-state index in [-0.39, 0.29) is 0 Å². The predicted octanol–water partition coefficient (Wildman–Crippen LogP) is 4.10. The molecule has 1 aromatic carbocycles. The lowest BCUT2D eigenvalue weighted by Gasteiger charge is -2.20. The van der Waals surface area contributed by atoms with Crippen LogP contribution in [0.1, 0.15) is 57.0 Å². The first-order chi connectivity index (χ1) is 9.72. The van der Waals surface area contributed by atoms with Crippen LogP contribution in [0.5, 0.6) is 0 Å². The van der Waals surface area contributed by atoms with Gasteiger partial charge < -0.3 is 9.88 Å². The molecule has 2 rings (SSSR count). The van der Waals surface area contributed by atoms with Gasteiger partial charge in [0.2, 0.25) is 0 Å². The van der Waals surface area contributed by atoms with Gasteiger partial charge in [-0.1, -0.05) is 43.7 Å². The number of hydrogen-bond donors (Lipinski definition) is 1. The van der Waals surface area contributed by atoms with Crippen molar-refractivity contribution in [3.05, 3.63) is 54.1 Å². The summed E-state index contributed by atoms with van der Waals surface area (Å²) in [6, 6.07) is 11.6. The van der Waals surface area contributed by atoms with Crippen molar-refractivity contribution in [1.82, 2.24) is 14.9 Å². The normalized spacial score (nSPS) is 12.8. The summed E-state index contributed by atoms with van der Waals surface area (Å²) in [7, 11) is 0. The number of rotatable bonds is 7. The monoisotopic (exact) mass is 271 g/mol. The lowest BCUT2D eigenvalue weighted by Crippen LogP contribution is -2.22. The van der Waals surface area contributed by atoms with E-state index in [4.69, 9.17) is 0 Å². The van der Waals surface area contributed by atoms with Gasteiger partial charge in [0.05, 0.1) is 12.0 Å². The molecular weight excluding hydrogens is 246 g/mol. The Labute approximate surface area is 122 Å². The summed E-state index contributed by atoms with van der Waals surface area (Å²) in [6.07, 6.45) is 6.20. The van der Waals surface area contributed by atoms with Crippen molar-refractivity contribution in [3.8, 4) is 0 Å². The second-order valence-corrected chi connectivity index (χ2v) is 5.52. The maximum Gasteiger partial charge on any atom is 0.0951 e. The van der Waals surface area contributed by atoms with E-state index in [0.29, 0.717) is 12.1 Å². The number of imidazole rings is 1. The van der Waals surface area contributed by atoms with Crippen LogP contribution in [0.25, 0.3) is 0 Å². The van der Waals surface area contributed by atoms with Crippen LogP contribution in [0.15, 0.2) is 42.9 Å².